The van der Waals surface area contributed by atoms with Crippen molar-refractivity contribution in [2.24, 2.45) is 5.92 Å². The van der Waals surface area contributed by atoms with Crippen LogP contribution in [0, 0.1) is 5.92 Å². The fraction of sp³-hybridized carbons (Fsp3) is 0.909. The molecule has 5 heteroatoms. The second-order valence-electron chi connectivity index (χ2n) is 4.30. The van der Waals surface area contributed by atoms with Gasteiger partial charge in [-0.15, -0.1) is 0 Å². The molecular weight excluding hydrogens is 208 g/mol. The minimum atomic E-state index is -0.279. The highest BCUT2D eigenvalue weighted by molar-refractivity contribution is 5.76. The molecule has 1 aliphatic rings. The van der Waals surface area contributed by atoms with Gasteiger partial charge in [0.15, 0.2) is 0 Å². The maximum atomic E-state index is 11.7. The highest BCUT2D eigenvalue weighted by Gasteiger charge is 2.18. The van der Waals surface area contributed by atoms with Crippen LogP contribution in [0.5, 0.6) is 0 Å². The summed E-state index contributed by atoms with van der Waals surface area (Å²) in [5.74, 6) is 0.492. The van der Waals surface area contributed by atoms with Gasteiger partial charge >= 0.3 is 0 Å². The zero-order valence-electron chi connectivity index (χ0n) is 9.87. The van der Waals surface area contributed by atoms with Gasteiger partial charge in [-0.25, -0.2) is 0 Å². The van der Waals surface area contributed by atoms with Gasteiger partial charge in [0.1, 0.15) is 0 Å². The number of hydrogen-bond acceptors (Lipinski definition) is 4. The molecule has 0 saturated carbocycles. The summed E-state index contributed by atoms with van der Waals surface area (Å²) in [7, 11) is 1.56. The van der Waals surface area contributed by atoms with E-state index in [-0.39, 0.29) is 18.6 Å². The molecule has 0 radical (unpaired) electrons. The van der Waals surface area contributed by atoms with Crippen molar-refractivity contribution >= 4 is 5.91 Å². The first-order valence-corrected chi connectivity index (χ1v) is 5.86. The average molecular weight is 230 g/mol. The van der Waals surface area contributed by atoms with E-state index in [1.165, 1.54) is 0 Å². The van der Waals surface area contributed by atoms with Crippen molar-refractivity contribution in [1.29, 1.82) is 0 Å². The van der Waals surface area contributed by atoms with Crippen LogP contribution >= 0.6 is 0 Å². The number of carbonyl (C=O) groups excluding carboxylic acids is 1. The van der Waals surface area contributed by atoms with Crippen molar-refractivity contribution in [3.8, 4) is 0 Å². The molecule has 1 aliphatic heterocycles. The minimum Gasteiger partial charge on any atom is -0.394 e. The molecule has 1 amide bonds. The van der Waals surface area contributed by atoms with E-state index < -0.39 is 0 Å². The lowest BCUT2D eigenvalue weighted by Crippen LogP contribution is -2.42. The maximum Gasteiger partial charge on any atom is 0.220 e. The Balaban J connectivity index is 2.22. The second-order valence-corrected chi connectivity index (χ2v) is 4.30. The average Bonchev–Trinajstić information content (AvgIpc) is 2.29. The topological polar surface area (TPSA) is 70.6 Å². The van der Waals surface area contributed by atoms with Crippen LogP contribution in [-0.2, 0) is 9.53 Å². The molecule has 5 nitrogen and oxygen atoms in total. The van der Waals surface area contributed by atoms with Crippen LogP contribution in [0.1, 0.15) is 19.3 Å². The first kappa shape index (κ1) is 13.4. The van der Waals surface area contributed by atoms with Crippen LogP contribution < -0.4 is 10.6 Å². The summed E-state index contributed by atoms with van der Waals surface area (Å²) >= 11 is 0. The summed E-state index contributed by atoms with van der Waals surface area (Å²) in [6.45, 7) is 2.28. The lowest BCUT2D eigenvalue weighted by atomic mass is 9.94. The molecule has 0 aromatic rings. The predicted octanol–water partition coefficient (Wildman–Crippen LogP) is -0.500. The number of amides is 1. The SMILES string of the molecule is COCC(CO)NC(=O)CC1CCNCC1. The molecule has 0 aromatic heterocycles. The number of piperidine rings is 1. The monoisotopic (exact) mass is 230 g/mol. The molecule has 94 valence electrons. The molecule has 16 heavy (non-hydrogen) atoms. The lowest BCUT2D eigenvalue weighted by Gasteiger charge is -2.23. The Kier molecular flexibility index (Phi) is 6.37. The normalized spacial score (nSPS) is 19.4. The molecular formula is C11H22N2O3. The third-order valence-electron chi connectivity index (χ3n) is 2.89. The number of ether oxygens (including phenoxy) is 1. The molecule has 1 saturated heterocycles. The molecule has 0 spiro atoms. The standard InChI is InChI=1S/C11H22N2O3/c1-16-8-10(7-14)13-11(15)6-9-2-4-12-5-3-9/h9-10,12,14H,2-8H2,1H3,(H,13,15). The van der Waals surface area contributed by atoms with Crippen LogP contribution in [0.25, 0.3) is 0 Å². The van der Waals surface area contributed by atoms with Gasteiger partial charge < -0.3 is 20.5 Å². The number of methoxy groups -OCH3 is 1. The Morgan fingerprint density at radius 2 is 2.25 bits per heavy atom. The van der Waals surface area contributed by atoms with Gasteiger partial charge in [-0.3, -0.25) is 4.79 Å². The van der Waals surface area contributed by atoms with Crippen LogP contribution in [0.3, 0.4) is 0 Å². The molecule has 1 rings (SSSR count). The van der Waals surface area contributed by atoms with Gasteiger partial charge in [0.05, 0.1) is 19.3 Å². The Bertz CT molecular complexity index is 197. The summed E-state index contributed by atoms with van der Waals surface area (Å²) in [5.41, 5.74) is 0. The van der Waals surface area contributed by atoms with Crippen molar-refractivity contribution in [3.05, 3.63) is 0 Å². The molecule has 3 N–H and O–H groups in total. The van der Waals surface area contributed by atoms with Crippen molar-refractivity contribution in [2.75, 3.05) is 33.4 Å². The summed E-state index contributed by atoms with van der Waals surface area (Å²) in [6.07, 6.45) is 2.67. The summed E-state index contributed by atoms with van der Waals surface area (Å²) in [6, 6.07) is -0.279. The van der Waals surface area contributed by atoms with E-state index in [2.05, 4.69) is 10.6 Å². The van der Waals surface area contributed by atoms with E-state index in [0.717, 1.165) is 25.9 Å². The molecule has 0 aliphatic carbocycles. The van der Waals surface area contributed by atoms with E-state index in [4.69, 9.17) is 9.84 Å². The first-order chi connectivity index (χ1) is 7.76. The number of carbonyl (C=O) groups is 1. The molecule has 1 atom stereocenters. The summed E-state index contributed by atoms with van der Waals surface area (Å²) in [4.78, 5) is 11.7. The predicted molar refractivity (Wildman–Crippen MR) is 61.1 cm³/mol. The van der Waals surface area contributed by atoms with Gasteiger partial charge in [0.25, 0.3) is 0 Å². The van der Waals surface area contributed by atoms with Crippen LogP contribution in [-0.4, -0.2) is 50.5 Å². The first-order valence-electron chi connectivity index (χ1n) is 5.86. The van der Waals surface area contributed by atoms with Crippen molar-refractivity contribution in [2.45, 2.75) is 25.3 Å². The number of nitrogens with one attached hydrogen (secondary N) is 2. The third-order valence-corrected chi connectivity index (χ3v) is 2.89. The van der Waals surface area contributed by atoms with E-state index in [9.17, 15) is 4.79 Å². The maximum absolute atomic E-state index is 11.7. The third kappa shape index (κ3) is 4.92. The van der Waals surface area contributed by atoms with Crippen molar-refractivity contribution in [3.63, 3.8) is 0 Å². The van der Waals surface area contributed by atoms with Gasteiger partial charge in [-0.1, -0.05) is 0 Å². The minimum absolute atomic E-state index is 0.0167. The van der Waals surface area contributed by atoms with E-state index in [1.54, 1.807) is 7.11 Å². The van der Waals surface area contributed by atoms with Crippen molar-refractivity contribution in [1.82, 2.24) is 10.6 Å². The van der Waals surface area contributed by atoms with E-state index >= 15 is 0 Å². The number of rotatable bonds is 6. The Morgan fingerprint density at radius 1 is 1.56 bits per heavy atom. The van der Waals surface area contributed by atoms with E-state index in [0.29, 0.717) is 18.9 Å². The van der Waals surface area contributed by atoms with Crippen LogP contribution in [0.2, 0.25) is 0 Å². The Labute approximate surface area is 96.6 Å². The highest BCUT2D eigenvalue weighted by atomic mass is 16.5. The Morgan fingerprint density at radius 3 is 2.81 bits per heavy atom. The zero-order valence-corrected chi connectivity index (χ0v) is 9.87. The quantitative estimate of drug-likeness (QED) is 0.575. The van der Waals surface area contributed by atoms with E-state index in [1.807, 2.05) is 0 Å². The lowest BCUT2D eigenvalue weighted by molar-refractivity contribution is -0.123. The van der Waals surface area contributed by atoms with Crippen molar-refractivity contribution < 1.29 is 14.6 Å². The number of aliphatic hydroxyl groups is 1. The number of aliphatic hydroxyl groups excluding tert-OH is 1. The zero-order chi connectivity index (χ0) is 11.8. The molecule has 1 heterocycles. The van der Waals surface area contributed by atoms with Gasteiger partial charge in [0.2, 0.25) is 5.91 Å². The smallest absolute Gasteiger partial charge is 0.220 e. The second kappa shape index (κ2) is 7.60. The van der Waals surface area contributed by atoms with Crippen LogP contribution in [0.4, 0.5) is 0 Å². The fourth-order valence-electron chi connectivity index (χ4n) is 1.98. The molecule has 0 aromatic carbocycles. The van der Waals surface area contributed by atoms with Gasteiger partial charge in [-0.2, -0.15) is 0 Å². The molecule has 1 fully saturated rings. The summed E-state index contributed by atoms with van der Waals surface area (Å²) < 4.78 is 4.90. The summed E-state index contributed by atoms with van der Waals surface area (Å²) in [5, 5.41) is 15.1. The van der Waals surface area contributed by atoms with Gasteiger partial charge in [0, 0.05) is 13.5 Å². The number of hydrogen-bond donors (Lipinski definition) is 3. The Hall–Kier alpha value is -0.650. The molecule has 1 unspecified atom stereocenters. The van der Waals surface area contributed by atoms with Gasteiger partial charge in [-0.05, 0) is 31.8 Å². The van der Waals surface area contributed by atoms with Crippen LogP contribution in [0.15, 0.2) is 0 Å². The highest BCUT2D eigenvalue weighted by Crippen LogP contribution is 2.15. The largest absolute Gasteiger partial charge is 0.394 e. The molecule has 0 bridgehead atoms. The fourth-order valence-corrected chi connectivity index (χ4v) is 1.98.